The Morgan fingerprint density at radius 1 is 1.10 bits per heavy atom. The lowest BCUT2D eigenvalue weighted by Gasteiger charge is -2.17. The number of fused-ring (bicyclic) bond motifs is 1. The van der Waals surface area contributed by atoms with E-state index in [4.69, 9.17) is 23.2 Å². The molecule has 0 bridgehead atoms. The van der Waals surface area contributed by atoms with Crippen LogP contribution in [0.3, 0.4) is 0 Å². The van der Waals surface area contributed by atoms with Gasteiger partial charge in [-0.05, 0) is 60.1 Å². The lowest BCUT2D eigenvalue weighted by Crippen LogP contribution is -2.30. The lowest BCUT2D eigenvalue weighted by atomic mass is 9.88. The molecular weight excluding hydrogens is 451 g/mol. The quantitative estimate of drug-likeness (QED) is 0.433. The smallest absolute Gasteiger partial charge is 0.214 e. The van der Waals surface area contributed by atoms with Crippen LogP contribution in [-0.4, -0.2) is 24.8 Å². The van der Waals surface area contributed by atoms with E-state index < -0.39 is 10.0 Å². The van der Waals surface area contributed by atoms with Gasteiger partial charge in [-0.2, -0.15) is 0 Å². The second-order valence-corrected chi connectivity index (χ2v) is 12.4. The molecule has 0 atom stereocenters. The fraction of sp³-hybridized carbons (Fsp3) is 0.417. The summed E-state index contributed by atoms with van der Waals surface area (Å²) in [6.45, 7) is 7.62. The highest BCUT2D eigenvalue weighted by atomic mass is 35.5. The molecule has 0 saturated heterocycles. The topological polar surface area (TPSA) is 51.1 Å². The van der Waals surface area contributed by atoms with Gasteiger partial charge in [0, 0.05) is 45.8 Å². The van der Waals surface area contributed by atoms with Gasteiger partial charge >= 0.3 is 0 Å². The van der Waals surface area contributed by atoms with Crippen molar-refractivity contribution in [2.75, 3.05) is 6.54 Å². The van der Waals surface area contributed by atoms with E-state index >= 15 is 0 Å². The Kier molecular flexibility index (Phi) is 6.16. The summed E-state index contributed by atoms with van der Waals surface area (Å²) < 4.78 is 29.2. The third-order valence-electron chi connectivity index (χ3n) is 5.55. The molecule has 0 spiro atoms. The molecule has 1 heterocycles. The average Bonchev–Trinajstić information content (AvgIpc) is 3.47. The molecule has 1 aromatic heterocycles. The maximum absolute atomic E-state index is 12.2. The number of hydrogen-bond acceptors (Lipinski definition) is 2. The number of sulfonamides is 1. The first-order valence-corrected chi connectivity index (χ1v) is 12.9. The predicted molar refractivity (Wildman–Crippen MR) is 130 cm³/mol. The van der Waals surface area contributed by atoms with Gasteiger partial charge in [0.15, 0.2) is 0 Å². The van der Waals surface area contributed by atoms with Crippen LogP contribution in [0.5, 0.6) is 0 Å². The van der Waals surface area contributed by atoms with Crippen LogP contribution in [0.1, 0.15) is 39.2 Å². The van der Waals surface area contributed by atoms with Crippen molar-refractivity contribution in [3.8, 4) is 11.1 Å². The van der Waals surface area contributed by atoms with E-state index in [-0.39, 0.29) is 10.7 Å². The van der Waals surface area contributed by atoms with Gasteiger partial charge in [0.2, 0.25) is 10.0 Å². The molecular formula is C24H28Cl2N2O2S. The molecule has 166 valence electrons. The van der Waals surface area contributed by atoms with Gasteiger partial charge in [0.25, 0.3) is 0 Å². The largest absolute Gasteiger partial charge is 0.346 e. The zero-order chi connectivity index (χ0) is 22.4. The van der Waals surface area contributed by atoms with Crippen LogP contribution in [0.15, 0.2) is 42.6 Å². The molecule has 1 aliphatic rings. The summed E-state index contributed by atoms with van der Waals surface area (Å²) in [5.74, 6) is 0. The van der Waals surface area contributed by atoms with E-state index in [9.17, 15) is 8.42 Å². The molecule has 3 aromatic rings. The van der Waals surface area contributed by atoms with Gasteiger partial charge in [0.1, 0.15) is 0 Å². The molecule has 0 aliphatic heterocycles. The maximum Gasteiger partial charge on any atom is 0.214 e. The molecule has 2 aromatic carbocycles. The van der Waals surface area contributed by atoms with E-state index in [1.54, 1.807) is 0 Å². The van der Waals surface area contributed by atoms with Crippen LogP contribution in [0.25, 0.3) is 22.0 Å². The van der Waals surface area contributed by atoms with Crippen LogP contribution in [0.4, 0.5) is 0 Å². The Morgan fingerprint density at radius 2 is 1.77 bits per heavy atom. The Bertz CT molecular complexity index is 1200. The fourth-order valence-corrected chi connectivity index (χ4v) is 5.99. The first kappa shape index (κ1) is 22.7. The number of benzene rings is 2. The molecule has 1 fully saturated rings. The minimum atomic E-state index is -3.18. The SMILES string of the molecule is CC(C)(C)Cc1cn(CCNS(=O)(=O)C2CC2)c2ccc(-c3c(Cl)cccc3Cl)cc12. The molecule has 0 radical (unpaired) electrons. The molecule has 7 heteroatoms. The molecule has 4 rings (SSSR count). The van der Waals surface area contributed by atoms with Crippen molar-refractivity contribution in [1.29, 1.82) is 0 Å². The van der Waals surface area contributed by atoms with E-state index in [0.717, 1.165) is 41.3 Å². The van der Waals surface area contributed by atoms with Gasteiger partial charge < -0.3 is 4.57 Å². The Labute approximate surface area is 194 Å². The van der Waals surface area contributed by atoms with Crippen LogP contribution >= 0.6 is 23.2 Å². The second-order valence-electron chi connectivity index (χ2n) is 9.55. The zero-order valence-electron chi connectivity index (χ0n) is 18.1. The van der Waals surface area contributed by atoms with Crippen LogP contribution in [0, 0.1) is 5.41 Å². The van der Waals surface area contributed by atoms with Crippen LogP contribution in [0.2, 0.25) is 10.0 Å². The zero-order valence-corrected chi connectivity index (χ0v) is 20.4. The van der Waals surface area contributed by atoms with Crippen LogP contribution in [-0.2, 0) is 23.0 Å². The number of halogens is 2. The summed E-state index contributed by atoms with van der Waals surface area (Å²) in [5, 5.41) is 2.19. The number of rotatable bonds is 7. The predicted octanol–water partition coefficient (Wildman–Crippen LogP) is 6.29. The van der Waals surface area contributed by atoms with Gasteiger partial charge in [-0.3, -0.25) is 0 Å². The van der Waals surface area contributed by atoms with E-state index in [0.29, 0.717) is 23.1 Å². The Hall–Kier alpha value is -1.53. The average molecular weight is 479 g/mol. The molecule has 0 unspecified atom stereocenters. The third-order valence-corrected chi connectivity index (χ3v) is 8.14. The van der Waals surface area contributed by atoms with Crippen molar-refractivity contribution in [2.45, 2.75) is 51.8 Å². The highest BCUT2D eigenvalue weighted by molar-refractivity contribution is 7.90. The standard InChI is InChI=1S/C24H28Cl2N2O2S/c1-24(2,3)14-17-15-28(12-11-27-31(29,30)18-8-9-18)22-10-7-16(13-19(17)22)23-20(25)5-4-6-21(23)26/h4-7,10,13,15,18,27H,8-9,11-12,14H2,1-3H3. The Balaban J connectivity index is 1.70. The van der Waals surface area contributed by atoms with Crippen molar-refractivity contribution in [2.24, 2.45) is 5.41 Å². The number of hydrogen-bond donors (Lipinski definition) is 1. The van der Waals surface area contributed by atoms with E-state index in [1.807, 2.05) is 24.3 Å². The van der Waals surface area contributed by atoms with Crippen molar-refractivity contribution in [3.63, 3.8) is 0 Å². The summed E-state index contributed by atoms with van der Waals surface area (Å²) in [6, 6.07) is 11.8. The van der Waals surface area contributed by atoms with Crippen molar-refractivity contribution >= 4 is 44.1 Å². The minimum Gasteiger partial charge on any atom is -0.346 e. The van der Waals surface area contributed by atoms with Gasteiger partial charge in [-0.1, -0.05) is 56.1 Å². The fourth-order valence-electron chi connectivity index (χ4n) is 4.00. The number of nitrogens with zero attached hydrogens (tertiary/aromatic N) is 1. The van der Waals surface area contributed by atoms with Crippen molar-refractivity contribution < 1.29 is 8.42 Å². The summed E-state index contributed by atoms with van der Waals surface area (Å²) in [5.41, 5.74) is 4.24. The van der Waals surface area contributed by atoms with Crippen LogP contribution < -0.4 is 4.72 Å². The minimum absolute atomic E-state index is 0.116. The lowest BCUT2D eigenvalue weighted by molar-refractivity contribution is 0.412. The monoisotopic (exact) mass is 478 g/mol. The maximum atomic E-state index is 12.2. The molecule has 1 saturated carbocycles. The van der Waals surface area contributed by atoms with Gasteiger partial charge in [-0.25, -0.2) is 13.1 Å². The molecule has 31 heavy (non-hydrogen) atoms. The molecule has 1 N–H and O–H groups in total. The second kappa shape index (κ2) is 8.43. The summed E-state index contributed by atoms with van der Waals surface area (Å²) in [6.07, 6.45) is 4.60. The first-order valence-electron chi connectivity index (χ1n) is 10.6. The number of nitrogens with one attached hydrogen (secondary N) is 1. The third kappa shape index (κ3) is 5.11. The summed E-state index contributed by atoms with van der Waals surface area (Å²) >= 11 is 12.9. The highest BCUT2D eigenvalue weighted by Gasteiger charge is 2.35. The van der Waals surface area contributed by atoms with Crippen molar-refractivity contribution in [3.05, 3.63) is 58.2 Å². The Morgan fingerprint density at radius 3 is 2.39 bits per heavy atom. The molecule has 1 aliphatic carbocycles. The summed E-state index contributed by atoms with van der Waals surface area (Å²) in [4.78, 5) is 0. The molecule has 0 amide bonds. The van der Waals surface area contributed by atoms with E-state index in [2.05, 4.69) is 48.4 Å². The number of aromatic nitrogens is 1. The highest BCUT2D eigenvalue weighted by Crippen LogP contribution is 2.38. The molecule has 4 nitrogen and oxygen atoms in total. The van der Waals surface area contributed by atoms with Gasteiger partial charge in [-0.15, -0.1) is 0 Å². The van der Waals surface area contributed by atoms with E-state index in [1.165, 1.54) is 5.56 Å². The normalized spacial score (nSPS) is 15.0. The van der Waals surface area contributed by atoms with Crippen molar-refractivity contribution in [1.82, 2.24) is 9.29 Å². The summed E-state index contributed by atoms with van der Waals surface area (Å²) in [7, 11) is -3.18. The van der Waals surface area contributed by atoms with Gasteiger partial charge in [0.05, 0.1) is 5.25 Å². The first-order chi connectivity index (χ1) is 14.5.